The monoisotopic (exact) mass is 322 g/mol. The average molecular weight is 322 g/mol. The number of thiophene rings is 2. The lowest BCUT2D eigenvalue weighted by Crippen LogP contribution is -2.42. The van der Waals surface area contributed by atoms with Gasteiger partial charge in [-0.3, -0.25) is 4.79 Å². The summed E-state index contributed by atoms with van der Waals surface area (Å²) in [7, 11) is 0. The van der Waals surface area contributed by atoms with E-state index in [0.29, 0.717) is 5.92 Å². The minimum atomic E-state index is 0.205. The van der Waals surface area contributed by atoms with E-state index in [-0.39, 0.29) is 11.9 Å². The summed E-state index contributed by atoms with van der Waals surface area (Å²) in [5, 5.41) is 5.48. The highest BCUT2D eigenvalue weighted by Crippen LogP contribution is 2.31. The lowest BCUT2D eigenvalue weighted by atomic mass is 9.97. The average Bonchev–Trinajstić information content (AvgIpc) is 3.06. The molecule has 0 aliphatic carbocycles. The van der Waals surface area contributed by atoms with Crippen LogP contribution in [0.25, 0.3) is 9.40 Å². The Bertz CT molecular complexity index is 582. The predicted molar refractivity (Wildman–Crippen MR) is 91.5 cm³/mol. The van der Waals surface area contributed by atoms with E-state index >= 15 is 0 Å². The summed E-state index contributed by atoms with van der Waals surface area (Å²) in [6.45, 7) is 7.30. The van der Waals surface area contributed by atoms with Crippen molar-refractivity contribution < 1.29 is 4.79 Å². The molecule has 1 aliphatic rings. The number of nitrogens with zero attached hydrogens (tertiary/aromatic N) is 1. The molecule has 0 unspecified atom stereocenters. The first-order chi connectivity index (χ1) is 10.1. The van der Waals surface area contributed by atoms with Crippen LogP contribution < -0.4 is 5.32 Å². The van der Waals surface area contributed by atoms with Gasteiger partial charge in [0.05, 0.1) is 4.88 Å². The highest BCUT2D eigenvalue weighted by Gasteiger charge is 2.25. The molecule has 0 spiro atoms. The summed E-state index contributed by atoms with van der Waals surface area (Å²) in [6.07, 6.45) is 2.35. The maximum atomic E-state index is 12.9. The van der Waals surface area contributed by atoms with E-state index in [0.717, 1.165) is 24.5 Å². The SMILES string of the molecule is CC(C)N(CC1CCNCC1)C(=O)c1cc2sccc2s1. The normalized spacial score (nSPS) is 16.7. The maximum Gasteiger partial charge on any atom is 0.264 e. The van der Waals surface area contributed by atoms with Crippen LogP contribution in [0.1, 0.15) is 36.4 Å². The highest BCUT2D eigenvalue weighted by atomic mass is 32.1. The number of carbonyl (C=O) groups is 1. The van der Waals surface area contributed by atoms with Crippen LogP contribution in [-0.2, 0) is 0 Å². The Morgan fingerprint density at radius 2 is 2.14 bits per heavy atom. The Morgan fingerprint density at radius 3 is 2.81 bits per heavy atom. The molecule has 2 aromatic rings. The Kier molecular flexibility index (Phi) is 4.62. The van der Waals surface area contributed by atoms with Crippen LogP contribution in [0.5, 0.6) is 0 Å². The molecular formula is C16H22N2OS2. The Labute approximate surface area is 134 Å². The fraction of sp³-hybridized carbons (Fsp3) is 0.562. The van der Waals surface area contributed by atoms with E-state index in [9.17, 15) is 4.79 Å². The molecule has 3 rings (SSSR count). The van der Waals surface area contributed by atoms with E-state index in [4.69, 9.17) is 0 Å². The van der Waals surface area contributed by atoms with E-state index < -0.39 is 0 Å². The molecule has 1 aliphatic heterocycles. The largest absolute Gasteiger partial charge is 0.335 e. The van der Waals surface area contributed by atoms with Gasteiger partial charge in [-0.15, -0.1) is 22.7 Å². The zero-order valence-electron chi connectivity index (χ0n) is 12.6. The Balaban J connectivity index is 1.75. The molecule has 0 radical (unpaired) electrons. The molecule has 3 heterocycles. The molecule has 0 atom stereocenters. The number of piperidine rings is 1. The number of hydrogen-bond donors (Lipinski definition) is 1. The summed E-state index contributed by atoms with van der Waals surface area (Å²) < 4.78 is 2.46. The van der Waals surface area contributed by atoms with Crippen molar-refractivity contribution in [1.29, 1.82) is 0 Å². The molecule has 21 heavy (non-hydrogen) atoms. The number of hydrogen-bond acceptors (Lipinski definition) is 4. The quantitative estimate of drug-likeness (QED) is 0.928. The van der Waals surface area contributed by atoms with E-state index in [1.54, 1.807) is 22.7 Å². The summed E-state index contributed by atoms with van der Waals surface area (Å²) in [5.41, 5.74) is 0. The minimum absolute atomic E-state index is 0.205. The number of rotatable bonds is 4. The molecule has 2 aromatic heterocycles. The highest BCUT2D eigenvalue weighted by molar-refractivity contribution is 7.27. The first-order valence-corrected chi connectivity index (χ1v) is 9.33. The van der Waals surface area contributed by atoms with E-state index in [1.165, 1.54) is 22.2 Å². The molecule has 5 heteroatoms. The van der Waals surface area contributed by atoms with Gasteiger partial charge < -0.3 is 10.2 Å². The van der Waals surface area contributed by atoms with Gasteiger partial charge in [-0.1, -0.05) is 0 Å². The zero-order chi connectivity index (χ0) is 14.8. The van der Waals surface area contributed by atoms with Gasteiger partial charge in [-0.05, 0) is 63.2 Å². The molecule has 0 bridgehead atoms. The van der Waals surface area contributed by atoms with Crippen molar-refractivity contribution in [3.63, 3.8) is 0 Å². The third kappa shape index (κ3) is 3.30. The van der Waals surface area contributed by atoms with Crippen LogP contribution in [0, 0.1) is 5.92 Å². The summed E-state index contributed by atoms with van der Waals surface area (Å²) in [6, 6.07) is 4.42. The molecular weight excluding hydrogens is 300 g/mol. The second-order valence-corrected chi connectivity index (χ2v) is 8.04. The van der Waals surface area contributed by atoms with Crippen molar-refractivity contribution in [3.8, 4) is 0 Å². The van der Waals surface area contributed by atoms with Crippen molar-refractivity contribution in [2.24, 2.45) is 5.92 Å². The van der Waals surface area contributed by atoms with Gasteiger partial charge in [0.1, 0.15) is 0 Å². The molecule has 1 fully saturated rings. The van der Waals surface area contributed by atoms with Gasteiger partial charge in [0.15, 0.2) is 0 Å². The van der Waals surface area contributed by atoms with E-state index in [2.05, 4.69) is 41.6 Å². The van der Waals surface area contributed by atoms with Crippen LogP contribution in [0.2, 0.25) is 0 Å². The molecule has 1 amide bonds. The maximum absolute atomic E-state index is 12.9. The van der Waals surface area contributed by atoms with Gasteiger partial charge in [0.2, 0.25) is 0 Å². The number of carbonyl (C=O) groups excluding carboxylic acids is 1. The molecule has 0 aromatic carbocycles. The minimum Gasteiger partial charge on any atom is -0.335 e. The fourth-order valence-corrected chi connectivity index (χ4v) is 4.95. The summed E-state index contributed by atoms with van der Waals surface area (Å²) >= 11 is 3.34. The van der Waals surface area contributed by atoms with Crippen molar-refractivity contribution in [2.45, 2.75) is 32.7 Å². The first-order valence-electron chi connectivity index (χ1n) is 7.64. The van der Waals surface area contributed by atoms with Crippen molar-refractivity contribution in [1.82, 2.24) is 10.2 Å². The third-order valence-corrected chi connectivity index (χ3v) is 6.23. The first kappa shape index (κ1) is 15.0. The number of fused-ring (bicyclic) bond motifs is 1. The van der Waals surface area contributed by atoms with Gasteiger partial charge in [0.25, 0.3) is 5.91 Å². The molecule has 3 nitrogen and oxygen atoms in total. The second-order valence-electron chi connectivity index (χ2n) is 6.00. The second kappa shape index (κ2) is 6.46. The lowest BCUT2D eigenvalue weighted by molar-refractivity contribution is 0.0663. The van der Waals surface area contributed by atoms with Gasteiger partial charge in [-0.2, -0.15) is 0 Å². The van der Waals surface area contributed by atoms with Crippen LogP contribution in [0.4, 0.5) is 0 Å². The Hall–Kier alpha value is -0.910. The number of nitrogens with one attached hydrogen (secondary N) is 1. The van der Waals surface area contributed by atoms with Gasteiger partial charge in [0, 0.05) is 22.0 Å². The van der Waals surface area contributed by atoms with Crippen LogP contribution >= 0.6 is 22.7 Å². The molecule has 114 valence electrons. The van der Waals surface area contributed by atoms with Gasteiger partial charge >= 0.3 is 0 Å². The topological polar surface area (TPSA) is 32.3 Å². The zero-order valence-corrected chi connectivity index (χ0v) is 14.2. The van der Waals surface area contributed by atoms with Crippen LogP contribution in [-0.4, -0.2) is 36.5 Å². The van der Waals surface area contributed by atoms with Crippen LogP contribution in [0.3, 0.4) is 0 Å². The molecule has 1 N–H and O–H groups in total. The standard InChI is InChI=1S/C16H22N2OS2/c1-11(2)18(10-12-3-6-17-7-4-12)16(19)15-9-14-13(21-15)5-8-20-14/h5,8-9,11-12,17H,3-4,6-7,10H2,1-2H3. The van der Waals surface area contributed by atoms with E-state index in [1.807, 2.05) is 0 Å². The molecule has 0 saturated carbocycles. The van der Waals surface area contributed by atoms with Gasteiger partial charge in [-0.25, -0.2) is 0 Å². The third-order valence-electron chi connectivity index (χ3n) is 4.15. The smallest absolute Gasteiger partial charge is 0.264 e. The summed E-state index contributed by atoms with van der Waals surface area (Å²) in [5.74, 6) is 0.843. The van der Waals surface area contributed by atoms with Crippen LogP contribution in [0.15, 0.2) is 17.5 Å². The number of amides is 1. The summed E-state index contributed by atoms with van der Waals surface area (Å²) in [4.78, 5) is 15.8. The lowest BCUT2D eigenvalue weighted by Gasteiger charge is -2.32. The van der Waals surface area contributed by atoms with Crippen molar-refractivity contribution >= 4 is 38.0 Å². The molecule has 1 saturated heterocycles. The van der Waals surface area contributed by atoms with Crippen molar-refractivity contribution in [2.75, 3.05) is 19.6 Å². The van der Waals surface area contributed by atoms with Crippen molar-refractivity contribution in [3.05, 3.63) is 22.4 Å². The Morgan fingerprint density at radius 1 is 1.38 bits per heavy atom. The fourth-order valence-electron chi connectivity index (χ4n) is 2.88. The predicted octanol–water partition coefficient (Wildman–Crippen LogP) is 3.81.